The molecule has 0 fully saturated rings. The molecule has 5 heteroatoms. The third-order valence-corrected chi connectivity index (χ3v) is 3.73. The van der Waals surface area contributed by atoms with E-state index in [1.54, 1.807) is 13.2 Å². The molecule has 0 spiro atoms. The van der Waals surface area contributed by atoms with E-state index in [0.717, 1.165) is 31.3 Å². The van der Waals surface area contributed by atoms with Crippen LogP contribution in [0, 0.1) is 5.92 Å². The van der Waals surface area contributed by atoms with Crippen LogP contribution in [0.2, 0.25) is 0 Å². The van der Waals surface area contributed by atoms with E-state index in [0.29, 0.717) is 11.3 Å². The molecular weight excluding hydrogens is 280 g/mol. The molecule has 0 radical (unpaired) electrons. The number of amides is 1. The molecule has 0 bridgehead atoms. The highest BCUT2D eigenvalue weighted by Gasteiger charge is 2.14. The zero-order valence-corrected chi connectivity index (χ0v) is 13.6. The van der Waals surface area contributed by atoms with Crippen molar-refractivity contribution >= 4 is 12.1 Å². The standard InChI is InChI=1S/C17H26N2O3/c1-4-6-7-14-10-17(20)18-11-15(12-19-21)16(22-3)9-8-13(14)5-2/h8-10,12-13,21H,4-7,11H2,1-3H3,(H,18,20)/b9-8-,14-10-,16-15-,19-12+. The van der Waals surface area contributed by atoms with Gasteiger partial charge in [-0.05, 0) is 31.3 Å². The number of methoxy groups -OCH3 is 1. The van der Waals surface area contributed by atoms with Gasteiger partial charge >= 0.3 is 0 Å². The number of allylic oxidation sites excluding steroid dienone is 3. The highest BCUT2D eigenvalue weighted by Crippen LogP contribution is 2.24. The van der Waals surface area contributed by atoms with E-state index in [1.165, 1.54) is 6.21 Å². The molecule has 1 aliphatic heterocycles. The molecule has 1 atom stereocenters. The van der Waals surface area contributed by atoms with Crippen molar-refractivity contribution in [1.29, 1.82) is 0 Å². The van der Waals surface area contributed by atoms with Crippen LogP contribution in [0.25, 0.3) is 0 Å². The first kappa shape index (κ1) is 18.0. The van der Waals surface area contributed by atoms with Crippen LogP contribution in [0.4, 0.5) is 0 Å². The average molecular weight is 306 g/mol. The van der Waals surface area contributed by atoms with Crippen molar-refractivity contribution in [2.45, 2.75) is 39.5 Å². The lowest BCUT2D eigenvalue weighted by Crippen LogP contribution is -2.26. The number of unbranched alkanes of at least 4 members (excludes halogenated alkanes) is 1. The maximum Gasteiger partial charge on any atom is 0.244 e. The molecule has 122 valence electrons. The van der Waals surface area contributed by atoms with Crippen molar-refractivity contribution in [3.05, 3.63) is 35.1 Å². The summed E-state index contributed by atoms with van der Waals surface area (Å²) in [5.74, 6) is 0.667. The van der Waals surface area contributed by atoms with Gasteiger partial charge in [-0.3, -0.25) is 4.79 Å². The molecule has 1 heterocycles. The molecule has 2 N–H and O–H groups in total. The van der Waals surface area contributed by atoms with E-state index >= 15 is 0 Å². The number of hydrogen-bond donors (Lipinski definition) is 2. The topological polar surface area (TPSA) is 70.9 Å². The molecule has 0 saturated heterocycles. The molecule has 1 amide bonds. The second kappa shape index (κ2) is 9.82. The smallest absolute Gasteiger partial charge is 0.244 e. The lowest BCUT2D eigenvalue weighted by atomic mass is 9.90. The van der Waals surface area contributed by atoms with Crippen LogP contribution >= 0.6 is 0 Å². The van der Waals surface area contributed by atoms with Crippen molar-refractivity contribution in [2.75, 3.05) is 13.7 Å². The van der Waals surface area contributed by atoms with Crippen LogP contribution in [-0.4, -0.2) is 31.0 Å². The predicted molar refractivity (Wildman–Crippen MR) is 87.9 cm³/mol. The van der Waals surface area contributed by atoms with Gasteiger partial charge in [0.05, 0.1) is 13.3 Å². The summed E-state index contributed by atoms with van der Waals surface area (Å²) in [5, 5.41) is 14.6. The average Bonchev–Trinajstić information content (AvgIpc) is 2.52. The summed E-state index contributed by atoms with van der Waals surface area (Å²) < 4.78 is 5.35. The molecule has 1 aliphatic rings. The van der Waals surface area contributed by atoms with Gasteiger partial charge in [-0.2, -0.15) is 0 Å². The van der Waals surface area contributed by atoms with E-state index < -0.39 is 0 Å². The maximum absolute atomic E-state index is 12.1. The Morgan fingerprint density at radius 1 is 1.50 bits per heavy atom. The summed E-state index contributed by atoms with van der Waals surface area (Å²) in [6, 6.07) is 0. The number of carbonyl (C=O) groups is 1. The Balaban J connectivity index is 3.17. The second-order valence-electron chi connectivity index (χ2n) is 5.25. The molecular formula is C17H26N2O3. The first-order valence-corrected chi connectivity index (χ1v) is 7.77. The number of rotatable bonds is 6. The lowest BCUT2D eigenvalue weighted by molar-refractivity contribution is -0.116. The second-order valence-corrected chi connectivity index (χ2v) is 5.25. The third-order valence-electron chi connectivity index (χ3n) is 3.73. The lowest BCUT2D eigenvalue weighted by Gasteiger charge is -2.18. The number of oxime groups is 1. The van der Waals surface area contributed by atoms with Gasteiger partial charge in [0.25, 0.3) is 0 Å². The van der Waals surface area contributed by atoms with Gasteiger partial charge in [-0.25, -0.2) is 0 Å². The quantitative estimate of drug-likeness (QED) is 0.450. The molecule has 5 nitrogen and oxygen atoms in total. The third kappa shape index (κ3) is 5.39. The van der Waals surface area contributed by atoms with Crippen LogP contribution in [0.3, 0.4) is 0 Å². The first-order valence-electron chi connectivity index (χ1n) is 7.77. The van der Waals surface area contributed by atoms with Crippen molar-refractivity contribution in [2.24, 2.45) is 11.1 Å². The van der Waals surface area contributed by atoms with Crippen molar-refractivity contribution < 1.29 is 14.7 Å². The maximum atomic E-state index is 12.1. The molecule has 1 unspecified atom stereocenters. The molecule has 0 aromatic rings. The largest absolute Gasteiger partial charge is 0.496 e. The Morgan fingerprint density at radius 3 is 2.86 bits per heavy atom. The van der Waals surface area contributed by atoms with Crippen molar-refractivity contribution in [1.82, 2.24) is 5.32 Å². The van der Waals surface area contributed by atoms with Gasteiger partial charge in [0, 0.05) is 18.2 Å². The fourth-order valence-corrected chi connectivity index (χ4v) is 2.44. The zero-order valence-electron chi connectivity index (χ0n) is 13.6. The highest BCUT2D eigenvalue weighted by molar-refractivity contribution is 5.90. The monoisotopic (exact) mass is 306 g/mol. The fourth-order valence-electron chi connectivity index (χ4n) is 2.44. The number of nitrogens with zero attached hydrogens (tertiary/aromatic N) is 1. The minimum Gasteiger partial charge on any atom is -0.496 e. The predicted octanol–water partition coefficient (Wildman–Crippen LogP) is 3.18. The zero-order chi connectivity index (χ0) is 16.4. The van der Waals surface area contributed by atoms with Crippen molar-refractivity contribution in [3.8, 4) is 0 Å². The number of hydrogen-bond acceptors (Lipinski definition) is 4. The van der Waals surface area contributed by atoms with Gasteiger partial charge in [0.15, 0.2) is 0 Å². The minimum absolute atomic E-state index is 0.126. The van der Waals surface area contributed by atoms with Crippen LogP contribution in [0.5, 0.6) is 0 Å². The summed E-state index contributed by atoms with van der Waals surface area (Å²) in [5.41, 5.74) is 1.77. The minimum atomic E-state index is -0.126. The molecule has 0 aliphatic carbocycles. The fraction of sp³-hybridized carbons (Fsp3) is 0.529. The number of nitrogens with one attached hydrogen (secondary N) is 1. The Hall–Kier alpha value is -2.04. The summed E-state index contributed by atoms with van der Waals surface area (Å²) in [4.78, 5) is 12.1. The van der Waals surface area contributed by atoms with E-state index in [-0.39, 0.29) is 18.4 Å². The van der Waals surface area contributed by atoms with Gasteiger partial charge in [-0.15, -0.1) is 0 Å². The van der Waals surface area contributed by atoms with Crippen LogP contribution in [0.15, 0.2) is 40.3 Å². The molecule has 0 saturated carbocycles. The van der Waals surface area contributed by atoms with E-state index in [9.17, 15) is 4.79 Å². The summed E-state index contributed by atoms with van der Waals surface area (Å²) >= 11 is 0. The summed E-state index contributed by atoms with van der Waals surface area (Å²) in [6.07, 6.45) is 10.9. The number of ether oxygens (including phenoxy) is 1. The van der Waals surface area contributed by atoms with Gasteiger partial charge in [0.1, 0.15) is 5.76 Å². The Morgan fingerprint density at radius 2 is 2.27 bits per heavy atom. The van der Waals surface area contributed by atoms with Gasteiger partial charge in [-0.1, -0.05) is 37.1 Å². The Kier molecular flexibility index (Phi) is 8.04. The van der Waals surface area contributed by atoms with Crippen molar-refractivity contribution in [3.63, 3.8) is 0 Å². The molecule has 22 heavy (non-hydrogen) atoms. The van der Waals surface area contributed by atoms with E-state index in [4.69, 9.17) is 9.94 Å². The SMILES string of the molecule is CCCC/C1=C/C(=O)NCC(/C=N/O)=C(OC)\C=C/C1CC. The molecule has 0 aromatic heterocycles. The van der Waals surface area contributed by atoms with Gasteiger partial charge in [0.2, 0.25) is 5.91 Å². The molecule has 1 rings (SSSR count). The summed E-state index contributed by atoms with van der Waals surface area (Å²) in [6.45, 7) is 4.50. The summed E-state index contributed by atoms with van der Waals surface area (Å²) in [7, 11) is 1.56. The highest BCUT2D eigenvalue weighted by atomic mass is 16.5. The van der Waals surface area contributed by atoms with Gasteiger partial charge < -0.3 is 15.3 Å². The van der Waals surface area contributed by atoms with E-state index in [2.05, 4.69) is 30.4 Å². The van der Waals surface area contributed by atoms with Crippen LogP contribution in [-0.2, 0) is 9.53 Å². The molecule has 0 aromatic carbocycles. The Labute approximate surface area is 132 Å². The van der Waals surface area contributed by atoms with Crippen LogP contribution in [0.1, 0.15) is 39.5 Å². The number of carbonyl (C=O) groups excluding carboxylic acids is 1. The Bertz CT molecular complexity index is 490. The van der Waals surface area contributed by atoms with Crippen LogP contribution < -0.4 is 5.32 Å². The van der Waals surface area contributed by atoms with E-state index in [1.807, 2.05) is 6.08 Å². The first-order chi connectivity index (χ1) is 10.7. The normalized spacial score (nSPS) is 27.1.